The second-order valence-corrected chi connectivity index (χ2v) is 7.37. The lowest BCUT2D eigenvalue weighted by atomic mass is 10.0. The van der Waals surface area contributed by atoms with Crippen LogP contribution in [0.3, 0.4) is 0 Å². The van der Waals surface area contributed by atoms with Crippen molar-refractivity contribution in [2.45, 2.75) is 27.3 Å². The van der Waals surface area contributed by atoms with Crippen LogP contribution in [0.25, 0.3) is 10.9 Å². The minimum atomic E-state index is -0.254. The molecule has 5 nitrogen and oxygen atoms in total. The fraction of sp³-hybridized carbons (Fsp3) is 0.227. The Balaban J connectivity index is 1.94. The molecule has 0 atom stereocenters. The second kappa shape index (κ2) is 8.40. The van der Waals surface area contributed by atoms with E-state index in [1.807, 2.05) is 51.1 Å². The summed E-state index contributed by atoms with van der Waals surface area (Å²) in [4.78, 5) is 29.5. The number of anilines is 1. The van der Waals surface area contributed by atoms with Crippen molar-refractivity contribution < 1.29 is 9.59 Å². The number of hydrogen-bond acceptors (Lipinski definition) is 3. The summed E-state index contributed by atoms with van der Waals surface area (Å²) in [7, 11) is 0. The molecule has 0 aliphatic carbocycles. The van der Waals surface area contributed by atoms with Crippen molar-refractivity contribution in [2.75, 3.05) is 5.32 Å². The molecule has 0 bridgehead atoms. The Kier molecular flexibility index (Phi) is 5.95. The van der Waals surface area contributed by atoms with Crippen LogP contribution in [0, 0.1) is 12.8 Å². The van der Waals surface area contributed by atoms with E-state index in [9.17, 15) is 9.59 Å². The number of hydrogen-bond donors (Lipinski definition) is 2. The minimum Gasteiger partial charge on any atom is -0.348 e. The monoisotopic (exact) mass is 395 g/mol. The molecule has 0 spiro atoms. The summed E-state index contributed by atoms with van der Waals surface area (Å²) in [6, 6.07) is 14.6. The van der Waals surface area contributed by atoms with E-state index in [0.29, 0.717) is 28.3 Å². The largest absolute Gasteiger partial charge is 0.348 e. The molecule has 3 rings (SSSR count). The molecule has 0 aliphatic rings. The van der Waals surface area contributed by atoms with Crippen LogP contribution < -0.4 is 10.6 Å². The normalized spacial score (nSPS) is 10.9. The van der Waals surface area contributed by atoms with Crippen molar-refractivity contribution in [3.05, 3.63) is 70.4 Å². The molecule has 0 saturated heterocycles. The van der Waals surface area contributed by atoms with Crippen LogP contribution in [-0.2, 0) is 11.3 Å². The smallest absolute Gasteiger partial charge is 0.252 e. The molecule has 0 radical (unpaired) electrons. The van der Waals surface area contributed by atoms with Crippen molar-refractivity contribution in [1.29, 1.82) is 0 Å². The highest BCUT2D eigenvalue weighted by atomic mass is 35.5. The van der Waals surface area contributed by atoms with Crippen LogP contribution in [0.4, 0.5) is 5.69 Å². The summed E-state index contributed by atoms with van der Waals surface area (Å²) in [5.41, 5.74) is 3.33. The van der Waals surface area contributed by atoms with Crippen LogP contribution in [0.15, 0.2) is 48.5 Å². The van der Waals surface area contributed by atoms with Crippen molar-refractivity contribution in [3.63, 3.8) is 0 Å². The van der Waals surface area contributed by atoms with Gasteiger partial charge in [-0.25, -0.2) is 0 Å². The van der Waals surface area contributed by atoms with E-state index in [0.717, 1.165) is 16.6 Å². The number of benzene rings is 2. The Morgan fingerprint density at radius 1 is 1.11 bits per heavy atom. The second-order valence-electron chi connectivity index (χ2n) is 6.96. The van der Waals surface area contributed by atoms with Crippen LogP contribution in [0.2, 0.25) is 5.02 Å². The fourth-order valence-electron chi connectivity index (χ4n) is 2.80. The van der Waals surface area contributed by atoms with Gasteiger partial charge in [0.2, 0.25) is 5.91 Å². The standard InChI is InChI=1S/C22H22ClN3O2/c1-13(2)21(27)26-16-10-18(17-9-8-14(3)25-20(17)11-16)22(28)24-12-15-6-4-5-7-19(15)23/h4-11,13H,12H2,1-3H3,(H,24,28)(H,26,27). The summed E-state index contributed by atoms with van der Waals surface area (Å²) in [5.74, 6) is -0.538. The van der Waals surface area contributed by atoms with Crippen LogP contribution >= 0.6 is 11.6 Å². The Hall–Kier alpha value is -2.92. The van der Waals surface area contributed by atoms with Gasteiger partial charge in [0, 0.05) is 34.3 Å². The minimum absolute atomic E-state index is 0.116. The number of carbonyl (C=O) groups is 2. The predicted molar refractivity (Wildman–Crippen MR) is 113 cm³/mol. The van der Waals surface area contributed by atoms with Gasteiger partial charge in [0.1, 0.15) is 0 Å². The van der Waals surface area contributed by atoms with Gasteiger partial charge in [-0.15, -0.1) is 0 Å². The van der Waals surface area contributed by atoms with E-state index < -0.39 is 0 Å². The Morgan fingerprint density at radius 3 is 2.57 bits per heavy atom. The topological polar surface area (TPSA) is 71.1 Å². The highest BCUT2D eigenvalue weighted by Gasteiger charge is 2.15. The maximum absolute atomic E-state index is 12.9. The first kappa shape index (κ1) is 19.8. The molecule has 28 heavy (non-hydrogen) atoms. The number of pyridine rings is 1. The molecule has 0 unspecified atom stereocenters. The van der Waals surface area contributed by atoms with E-state index >= 15 is 0 Å². The van der Waals surface area contributed by atoms with Gasteiger partial charge in [0.25, 0.3) is 5.91 Å². The van der Waals surface area contributed by atoms with Crippen LogP contribution in [-0.4, -0.2) is 16.8 Å². The molecular formula is C22H22ClN3O2. The van der Waals surface area contributed by atoms with Gasteiger partial charge < -0.3 is 10.6 Å². The lowest BCUT2D eigenvalue weighted by Crippen LogP contribution is -2.24. The van der Waals surface area contributed by atoms with E-state index in [2.05, 4.69) is 15.6 Å². The molecule has 3 aromatic rings. The first-order valence-electron chi connectivity index (χ1n) is 9.09. The van der Waals surface area contributed by atoms with Crippen molar-refractivity contribution in [2.24, 2.45) is 5.92 Å². The molecule has 144 valence electrons. The third kappa shape index (κ3) is 4.49. The first-order valence-corrected chi connectivity index (χ1v) is 9.47. The van der Waals surface area contributed by atoms with E-state index in [-0.39, 0.29) is 17.7 Å². The van der Waals surface area contributed by atoms with E-state index in [4.69, 9.17) is 11.6 Å². The third-order valence-corrected chi connectivity index (χ3v) is 4.75. The Labute approximate surface area is 169 Å². The number of aromatic nitrogens is 1. The number of carbonyl (C=O) groups excluding carboxylic acids is 2. The zero-order valence-electron chi connectivity index (χ0n) is 16.0. The lowest BCUT2D eigenvalue weighted by molar-refractivity contribution is -0.118. The van der Waals surface area contributed by atoms with Gasteiger partial charge in [-0.1, -0.05) is 49.7 Å². The Morgan fingerprint density at radius 2 is 1.86 bits per heavy atom. The average molecular weight is 396 g/mol. The number of rotatable bonds is 5. The molecule has 0 fully saturated rings. The summed E-state index contributed by atoms with van der Waals surface area (Å²) < 4.78 is 0. The van der Waals surface area contributed by atoms with Gasteiger partial charge in [-0.3, -0.25) is 14.6 Å². The molecule has 1 heterocycles. The molecular weight excluding hydrogens is 374 g/mol. The summed E-state index contributed by atoms with van der Waals surface area (Å²) in [5, 5.41) is 7.08. The zero-order valence-corrected chi connectivity index (χ0v) is 16.8. The molecule has 2 amide bonds. The number of nitrogens with one attached hydrogen (secondary N) is 2. The molecule has 0 aliphatic heterocycles. The summed E-state index contributed by atoms with van der Waals surface area (Å²) in [6.07, 6.45) is 0. The molecule has 2 N–H and O–H groups in total. The third-order valence-electron chi connectivity index (χ3n) is 4.38. The number of aryl methyl sites for hydroxylation is 1. The highest BCUT2D eigenvalue weighted by Crippen LogP contribution is 2.24. The van der Waals surface area contributed by atoms with Gasteiger partial charge in [0.15, 0.2) is 0 Å². The average Bonchev–Trinajstić information content (AvgIpc) is 2.66. The quantitative estimate of drug-likeness (QED) is 0.656. The fourth-order valence-corrected chi connectivity index (χ4v) is 3.00. The number of fused-ring (bicyclic) bond motifs is 1. The van der Waals surface area contributed by atoms with Crippen LogP contribution in [0.5, 0.6) is 0 Å². The van der Waals surface area contributed by atoms with Crippen LogP contribution in [0.1, 0.15) is 35.5 Å². The van der Waals surface area contributed by atoms with E-state index in [1.54, 1.807) is 18.2 Å². The summed E-state index contributed by atoms with van der Waals surface area (Å²) >= 11 is 6.17. The molecule has 2 aromatic carbocycles. The maximum atomic E-state index is 12.9. The van der Waals surface area contributed by atoms with Crippen molar-refractivity contribution in [1.82, 2.24) is 10.3 Å². The van der Waals surface area contributed by atoms with Gasteiger partial charge in [0.05, 0.1) is 11.1 Å². The lowest BCUT2D eigenvalue weighted by Gasteiger charge is -2.13. The zero-order chi connectivity index (χ0) is 20.3. The number of halogens is 1. The Bertz CT molecular complexity index is 1050. The summed E-state index contributed by atoms with van der Waals surface area (Å²) in [6.45, 7) is 5.82. The van der Waals surface area contributed by atoms with Gasteiger partial charge in [-0.05, 0) is 36.8 Å². The number of amides is 2. The van der Waals surface area contributed by atoms with Gasteiger partial charge >= 0.3 is 0 Å². The van der Waals surface area contributed by atoms with Crippen molar-refractivity contribution >= 4 is 40.0 Å². The van der Waals surface area contributed by atoms with Gasteiger partial charge in [-0.2, -0.15) is 0 Å². The predicted octanol–water partition coefficient (Wildman–Crippen LogP) is 4.72. The first-order chi connectivity index (χ1) is 13.3. The molecule has 1 aromatic heterocycles. The molecule has 6 heteroatoms. The SMILES string of the molecule is Cc1ccc2c(C(=O)NCc3ccccc3Cl)cc(NC(=O)C(C)C)cc2n1. The molecule has 0 saturated carbocycles. The number of nitrogens with zero attached hydrogens (tertiary/aromatic N) is 1. The maximum Gasteiger partial charge on any atom is 0.252 e. The van der Waals surface area contributed by atoms with Crippen molar-refractivity contribution in [3.8, 4) is 0 Å². The van der Waals surface area contributed by atoms with E-state index in [1.165, 1.54) is 0 Å². The highest BCUT2D eigenvalue weighted by molar-refractivity contribution is 6.31.